The number of aryl methyl sites for hydroxylation is 1. The number of aromatic nitrogens is 2. The Hall–Kier alpha value is -1.49. The molecule has 0 unspecified atom stereocenters. The molecular formula is C13H13BrFN3. The van der Waals surface area contributed by atoms with Crippen LogP contribution in [0.25, 0.3) is 0 Å². The summed E-state index contributed by atoms with van der Waals surface area (Å²) < 4.78 is 14.2. The van der Waals surface area contributed by atoms with E-state index in [0.717, 1.165) is 16.8 Å². The first-order valence-corrected chi connectivity index (χ1v) is 6.49. The fourth-order valence-corrected chi connectivity index (χ4v) is 1.96. The summed E-state index contributed by atoms with van der Waals surface area (Å²) in [6.45, 7) is 2.39. The highest BCUT2D eigenvalue weighted by Crippen LogP contribution is 2.14. The largest absolute Gasteiger partial charge is 0.366 e. The van der Waals surface area contributed by atoms with Crippen molar-refractivity contribution in [2.24, 2.45) is 0 Å². The summed E-state index contributed by atoms with van der Waals surface area (Å²) in [6.07, 6.45) is 0.758. The predicted molar refractivity (Wildman–Crippen MR) is 72.8 cm³/mol. The molecule has 2 rings (SSSR count). The van der Waals surface area contributed by atoms with Crippen LogP contribution >= 0.6 is 15.9 Å². The van der Waals surface area contributed by atoms with E-state index < -0.39 is 0 Å². The van der Waals surface area contributed by atoms with Crippen molar-refractivity contribution in [3.8, 4) is 0 Å². The van der Waals surface area contributed by atoms with Crippen molar-refractivity contribution in [2.75, 3.05) is 5.32 Å². The maximum atomic E-state index is 13.4. The van der Waals surface area contributed by atoms with Crippen LogP contribution in [0.2, 0.25) is 0 Å². The van der Waals surface area contributed by atoms with Gasteiger partial charge in [0.05, 0.1) is 0 Å². The molecule has 94 valence electrons. The molecule has 1 N–H and O–H groups in total. The van der Waals surface area contributed by atoms with Gasteiger partial charge in [-0.15, -0.1) is 0 Å². The van der Waals surface area contributed by atoms with E-state index in [2.05, 4.69) is 31.2 Å². The van der Waals surface area contributed by atoms with E-state index in [4.69, 9.17) is 0 Å². The smallest absolute Gasteiger partial charge is 0.131 e. The Bertz CT molecular complexity index is 546. The van der Waals surface area contributed by atoms with Crippen molar-refractivity contribution in [3.63, 3.8) is 0 Å². The first kappa shape index (κ1) is 13.0. The van der Waals surface area contributed by atoms with Gasteiger partial charge in [-0.1, -0.05) is 25.1 Å². The summed E-state index contributed by atoms with van der Waals surface area (Å²) in [5, 5.41) is 3.10. The lowest BCUT2D eigenvalue weighted by Gasteiger charge is -2.08. The van der Waals surface area contributed by atoms with E-state index in [1.165, 1.54) is 6.07 Å². The summed E-state index contributed by atoms with van der Waals surface area (Å²) in [5.74, 6) is 1.23. The average molecular weight is 310 g/mol. The lowest BCUT2D eigenvalue weighted by atomic mass is 10.2. The van der Waals surface area contributed by atoms with Crippen LogP contribution in [-0.4, -0.2) is 9.97 Å². The monoisotopic (exact) mass is 309 g/mol. The van der Waals surface area contributed by atoms with Gasteiger partial charge in [-0.3, -0.25) is 0 Å². The minimum Gasteiger partial charge on any atom is -0.366 e. The summed E-state index contributed by atoms with van der Waals surface area (Å²) in [7, 11) is 0. The van der Waals surface area contributed by atoms with Crippen LogP contribution in [0.1, 0.15) is 18.3 Å². The minimum atomic E-state index is -0.214. The van der Waals surface area contributed by atoms with Gasteiger partial charge in [0.15, 0.2) is 0 Å². The lowest BCUT2D eigenvalue weighted by molar-refractivity contribution is 0.613. The fourth-order valence-electron chi connectivity index (χ4n) is 1.54. The van der Waals surface area contributed by atoms with E-state index in [9.17, 15) is 4.39 Å². The number of nitrogens with one attached hydrogen (secondary N) is 1. The highest BCUT2D eigenvalue weighted by Gasteiger charge is 2.03. The van der Waals surface area contributed by atoms with Gasteiger partial charge in [-0.25, -0.2) is 14.4 Å². The second-order valence-electron chi connectivity index (χ2n) is 3.79. The van der Waals surface area contributed by atoms with Gasteiger partial charge in [0.1, 0.15) is 22.1 Å². The number of hydrogen-bond acceptors (Lipinski definition) is 3. The van der Waals surface area contributed by atoms with Gasteiger partial charge < -0.3 is 5.32 Å². The van der Waals surface area contributed by atoms with Crippen LogP contribution < -0.4 is 5.32 Å². The van der Waals surface area contributed by atoms with Crippen LogP contribution in [0.3, 0.4) is 0 Å². The molecule has 0 aliphatic heterocycles. The zero-order chi connectivity index (χ0) is 13.0. The van der Waals surface area contributed by atoms with Crippen molar-refractivity contribution in [3.05, 3.63) is 52.1 Å². The summed E-state index contributed by atoms with van der Waals surface area (Å²) in [4.78, 5) is 8.54. The predicted octanol–water partition coefficient (Wildman–Crippen LogP) is 3.55. The van der Waals surface area contributed by atoms with Gasteiger partial charge in [-0.2, -0.15) is 0 Å². The molecule has 3 nitrogen and oxygen atoms in total. The van der Waals surface area contributed by atoms with Crippen LogP contribution in [-0.2, 0) is 13.0 Å². The topological polar surface area (TPSA) is 37.8 Å². The van der Waals surface area contributed by atoms with Gasteiger partial charge in [-0.05, 0) is 22.0 Å². The molecule has 0 saturated heterocycles. The molecule has 2 aromatic rings. The Morgan fingerprint density at radius 1 is 1.28 bits per heavy atom. The molecule has 0 bridgehead atoms. The first-order valence-electron chi connectivity index (χ1n) is 5.69. The molecule has 0 saturated carbocycles. The fraction of sp³-hybridized carbons (Fsp3) is 0.231. The van der Waals surface area contributed by atoms with Gasteiger partial charge >= 0.3 is 0 Å². The number of hydrogen-bond donors (Lipinski definition) is 1. The maximum Gasteiger partial charge on any atom is 0.131 e. The van der Waals surface area contributed by atoms with Crippen molar-refractivity contribution in [1.29, 1.82) is 0 Å². The van der Waals surface area contributed by atoms with E-state index >= 15 is 0 Å². The second-order valence-corrected chi connectivity index (χ2v) is 4.60. The Balaban J connectivity index is 2.11. The number of anilines is 1. The second kappa shape index (κ2) is 5.91. The van der Waals surface area contributed by atoms with Crippen molar-refractivity contribution >= 4 is 21.7 Å². The molecule has 18 heavy (non-hydrogen) atoms. The van der Waals surface area contributed by atoms with Gasteiger partial charge in [0.25, 0.3) is 0 Å². The molecular weight excluding hydrogens is 297 g/mol. The SMILES string of the molecule is CCc1nc(Br)cc(NCc2ccccc2F)n1. The normalized spacial score (nSPS) is 10.4. The average Bonchev–Trinajstić information content (AvgIpc) is 2.37. The van der Waals surface area contributed by atoms with Crippen LogP contribution in [0.5, 0.6) is 0 Å². The minimum absolute atomic E-state index is 0.214. The molecule has 0 atom stereocenters. The third-order valence-electron chi connectivity index (χ3n) is 2.48. The highest BCUT2D eigenvalue weighted by atomic mass is 79.9. The van der Waals surface area contributed by atoms with E-state index in [-0.39, 0.29) is 5.82 Å². The Kier molecular flexibility index (Phi) is 4.25. The number of nitrogens with zero attached hydrogens (tertiary/aromatic N) is 2. The number of rotatable bonds is 4. The van der Waals surface area contributed by atoms with Crippen molar-refractivity contribution in [1.82, 2.24) is 9.97 Å². The molecule has 0 fully saturated rings. The Labute approximate surface area is 114 Å². The molecule has 1 aromatic carbocycles. The zero-order valence-corrected chi connectivity index (χ0v) is 11.5. The molecule has 0 amide bonds. The van der Waals surface area contributed by atoms with Gasteiger partial charge in [0, 0.05) is 24.6 Å². The van der Waals surface area contributed by atoms with Crippen molar-refractivity contribution < 1.29 is 4.39 Å². The Morgan fingerprint density at radius 3 is 2.78 bits per heavy atom. The van der Waals surface area contributed by atoms with Crippen LogP contribution in [0, 0.1) is 5.82 Å². The molecule has 1 aromatic heterocycles. The van der Waals surface area contributed by atoms with Crippen LogP contribution in [0.4, 0.5) is 10.2 Å². The molecule has 1 heterocycles. The van der Waals surface area contributed by atoms with E-state index in [1.54, 1.807) is 18.2 Å². The Morgan fingerprint density at radius 2 is 2.06 bits per heavy atom. The van der Waals surface area contributed by atoms with Gasteiger partial charge in [0.2, 0.25) is 0 Å². The molecule has 0 radical (unpaired) electrons. The third-order valence-corrected chi connectivity index (χ3v) is 2.88. The van der Waals surface area contributed by atoms with E-state index in [1.807, 2.05) is 13.0 Å². The van der Waals surface area contributed by atoms with Crippen molar-refractivity contribution in [2.45, 2.75) is 19.9 Å². The molecule has 0 aliphatic rings. The maximum absolute atomic E-state index is 13.4. The number of benzene rings is 1. The molecule has 5 heteroatoms. The third kappa shape index (κ3) is 3.26. The quantitative estimate of drug-likeness (QED) is 0.878. The molecule has 0 spiro atoms. The molecule has 0 aliphatic carbocycles. The summed E-state index contributed by atoms with van der Waals surface area (Å²) in [5.41, 5.74) is 0.616. The highest BCUT2D eigenvalue weighted by molar-refractivity contribution is 9.10. The van der Waals surface area contributed by atoms with E-state index in [0.29, 0.717) is 17.9 Å². The lowest BCUT2D eigenvalue weighted by Crippen LogP contribution is -2.05. The summed E-state index contributed by atoms with van der Waals surface area (Å²) >= 11 is 3.33. The first-order chi connectivity index (χ1) is 8.69. The zero-order valence-electron chi connectivity index (χ0n) is 9.95. The standard InChI is InChI=1S/C13H13BrFN3/c1-2-12-17-11(14)7-13(18-12)16-8-9-5-3-4-6-10(9)15/h3-7H,2,8H2,1H3,(H,16,17,18). The summed E-state index contributed by atoms with van der Waals surface area (Å²) in [6, 6.07) is 8.46. The number of halogens is 2. The van der Waals surface area contributed by atoms with Crippen LogP contribution in [0.15, 0.2) is 34.9 Å².